The smallest absolute Gasteiger partial charge is 0.185 e. The predicted molar refractivity (Wildman–Crippen MR) is 69.3 cm³/mol. The molecule has 1 atom stereocenters. The normalized spacial score (nSPS) is 17.7. The lowest BCUT2D eigenvalue weighted by atomic mass is 9.96. The first-order chi connectivity index (χ1) is 8.27. The Morgan fingerprint density at radius 2 is 1.47 bits per heavy atom. The number of anilines is 1. The molecule has 0 unspecified atom stereocenters. The van der Waals surface area contributed by atoms with Crippen molar-refractivity contribution in [3.8, 4) is 11.1 Å². The van der Waals surface area contributed by atoms with Gasteiger partial charge in [-0.2, -0.15) is 0 Å². The number of hydrogen-bond donors (Lipinski definition) is 1. The average Bonchev–Trinajstić information content (AvgIpc) is 2.48. The van der Waals surface area contributed by atoms with Crippen LogP contribution in [-0.2, 0) is 0 Å². The molecule has 2 nitrogen and oxygen atoms in total. The summed E-state index contributed by atoms with van der Waals surface area (Å²) in [7, 11) is 0. The highest BCUT2D eigenvalue weighted by molar-refractivity contribution is 6.09. The van der Waals surface area contributed by atoms with Crippen molar-refractivity contribution in [1.82, 2.24) is 0 Å². The zero-order chi connectivity index (χ0) is 11.8. The first-order valence-electron chi connectivity index (χ1n) is 5.76. The Morgan fingerprint density at radius 1 is 0.882 bits per heavy atom. The second kappa shape index (κ2) is 3.74. The van der Waals surface area contributed by atoms with Gasteiger partial charge < -0.3 is 5.32 Å². The maximum atomic E-state index is 12.2. The van der Waals surface area contributed by atoms with Crippen molar-refractivity contribution in [1.29, 1.82) is 0 Å². The molecule has 1 N–H and O–H groups in total. The van der Waals surface area contributed by atoms with E-state index in [1.807, 2.05) is 55.5 Å². The molecule has 0 radical (unpaired) electrons. The van der Waals surface area contributed by atoms with E-state index < -0.39 is 0 Å². The fraction of sp³-hybridized carbons (Fsp3) is 0.133. The molecule has 0 fully saturated rings. The molecule has 0 saturated heterocycles. The Bertz CT molecular complexity index is 589. The maximum Gasteiger partial charge on any atom is 0.185 e. The van der Waals surface area contributed by atoms with E-state index in [-0.39, 0.29) is 11.8 Å². The highest BCUT2D eigenvalue weighted by Crippen LogP contribution is 2.34. The van der Waals surface area contributed by atoms with Crippen LogP contribution in [0, 0.1) is 0 Å². The molecule has 3 rings (SSSR count). The van der Waals surface area contributed by atoms with Crippen LogP contribution in [-0.4, -0.2) is 11.8 Å². The standard InChI is InChI=1S/C15H13NO/c1-10-15(17)13-8-3-2-6-11(13)12-7-4-5-9-14(12)16-10/h2-10,16H,1H3/t10-/m1/s1. The Morgan fingerprint density at radius 3 is 2.24 bits per heavy atom. The molecule has 1 aliphatic rings. The van der Waals surface area contributed by atoms with Gasteiger partial charge in [-0.25, -0.2) is 0 Å². The van der Waals surface area contributed by atoms with E-state index in [0.29, 0.717) is 0 Å². The van der Waals surface area contributed by atoms with Crippen molar-refractivity contribution < 1.29 is 4.79 Å². The van der Waals surface area contributed by atoms with Gasteiger partial charge in [0.1, 0.15) is 0 Å². The molecule has 2 aromatic carbocycles. The maximum absolute atomic E-state index is 12.2. The van der Waals surface area contributed by atoms with Gasteiger partial charge in [0.25, 0.3) is 0 Å². The predicted octanol–water partition coefficient (Wildman–Crippen LogP) is 3.35. The summed E-state index contributed by atoms with van der Waals surface area (Å²) in [5.74, 6) is 0.150. The summed E-state index contributed by atoms with van der Waals surface area (Å²) in [6.45, 7) is 1.90. The van der Waals surface area contributed by atoms with Crippen LogP contribution in [0.1, 0.15) is 17.3 Å². The topological polar surface area (TPSA) is 29.1 Å². The molecule has 0 saturated carbocycles. The largest absolute Gasteiger partial charge is 0.375 e. The van der Waals surface area contributed by atoms with Gasteiger partial charge in [-0.15, -0.1) is 0 Å². The Kier molecular flexibility index (Phi) is 2.22. The molecule has 0 aromatic heterocycles. The van der Waals surface area contributed by atoms with Gasteiger partial charge in [-0.1, -0.05) is 42.5 Å². The highest BCUT2D eigenvalue weighted by Gasteiger charge is 2.23. The average molecular weight is 223 g/mol. The quantitative estimate of drug-likeness (QED) is 0.742. The Hall–Kier alpha value is -2.09. The molecule has 2 aromatic rings. The number of para-hydroxylation sites is 1. The van der Waals surface area contributed by atoms with Crippen LogP contribution in [0.4, 0.5) is 5.69 Å². The molecule has 0 amide bonds. The van der Waals surface area contributed by atoms with Crippen LogP contribution in [0.3, 0.4) is 0 Å². The van der Waals surface area contributed by atoms with Crippen molar-refractivity contribution in [2.75, 3.05) is 5.32 Å². The second-order valence-electron chi connectivity index (χ2n) is 4.32. The van der Waals surface area contributed by atoms with Crippen LogP contribution in [0.2, 0.25) is 0 Å². The first kappa shape index (κ1) is 10.1. The van der Waals surface area contributed by atoms with E-state index in [1.54, 1.807) is 0 Å². The second-order valence-corrected chi connectivity index (χ2v) is 4.32. The van der Waals surface area contributed by atoms with Crippen molar-refractivity contribution in [3.63, 3.8) is 0 Å². The SMILES string of the molecule is C[C@H]1Nc2ccccc2-c2ccccc2C1=O. The van der Waals surface area contributed by atoms with Gasteiger partial charge in [0.15, 0.2) is 5.78 Å². The van der Waals surface area contributed by atoms with E-state index in [2.05, 4.69) is 5.32 Å². The number of hydrogen-bond acceptors (Lipinski definition) is 2. The number of nitrogens with one attached hydrogen (secondary N) is 1. The van der Waals surface area contributed by atoms with Crippen LogP contribution >= 0.6 is 0 Å². The van der Waals surface area contributed by atoms with E-state index in [0.717, 1.165) is 22.4 Å². The minimum absolute atomic E-state index is 0.150. The number of carbonyl (C=O) groups excluding carboxylic acids is 1. The number of ketones is 1. The number of benzene rings is 2. The van der Waals surface area contributed by atoms with Gasteiger partial charge in [-0.05, 0) is 18.6 Å². The van der Waals surface area contributed by atoms with Crippen molar-refractivity contribution in [2.24, 2.45) is 0 Å². The van der Waals surface area contributed by atoms with Gasteiger partial charge in [0.05, 0.1) is 6.04 Å². The highest BCUT2D eigenvalue weighted by atomic mass is 16.1. The molecule has 2 heteroatoms. The molecule has 84 valence electrons. The van der Waals surface area contributed by atoms with Crippen LogP contribution < -0.4 is 5.32 Å². The third-order valence-electron chi connectivity index (χ3n) is 3.18. The summed E-state index contributed by atoms with van der Waals surface area (Å²) < 4.78 is 0. The molecule has 0 bridgehead atoms. The lowest BCUT2D eigenvalue weighted by Gasteiger charge is -2.11. The number of rotatable bonds is 0. The third kappa shape index (κ3) is 1.53. The summed E-state index contributed by atoms with van der Waals surface area (Å²) in [5.41, 5.74) is 3.95. The van der Waals surface area contributed by atoms with Crippen molar-refractivity contribution in [3.05, 3.63) is 54.1 Å². The van der Waals surface area contributed by atoms with Crippen LogP contribution in [0.15, 0.2) is 48.5 Å². The van der Waals surface area contributed by atoms with Crippen LogP contribution in [0.5, 0.6) is 0 Å². The van der Waals surface area contributed by atoms with E-state index >= 15 is 0 Å². The van der Waals surface area contributed by atoms with E-state index in [1.165, 1.54) is 0 Å². The van der Waals surface area contributed by atoms with Crippen molar-refractivity contribution >= 4 is 11.5 Å². The zero-order valence-electron chi connectivity index (χ0n) is 9.60. The summed E-state index contributed by atoms with van der Waals surface area (Å²) in [6, 6.07) is 15.7. The first-order valence-corrected chi connectivity index (χ1v) is 5.76. The minimum Gasteiger partial charge on any atom is -0.375 e. The third-order valence-corrected chi connectivity index (χ3v) is 3.18. The van der Waals surface area contributed by atoms with Gasteiger partial charge >= 0.3 is 0 Å². The van der Waals surface area contributed by atoms with Gasteiger partial charge in [0.2, 0.25) is 0 Å². The lowest BCUT2D eigenvalue weighted by Crippen LogP contribution is -2.24. The summed E-state index contributed by atoms with van der Waals surface area (Å²) >= 11 is 0. The van der Waals surface area contributed by atoms with E-state index in [9.17, 15) is 4.79 Å². The summed E-state index contributed by atoms with van der Waals surface area (Å²) in [4.78, 5) is 12.2. The van der Waals surface area contributed by atoms with Crippen molar-refractivity contribution in [2.45, 2.75) is 13.0 Å². The molecule has 0 spiro atoms. The fourth-order valence-corrected chi connectivity index (χ4v) is 2.31. The van der Waals surface area contributed by atoms with Gasteiger partial charge in [0, 0.05) is 16.8 Å². The minimum atomic E-state index is -0.181. The summed E-state index contributed by atoms with van der Waals surface area (Å²) in [5, 5.41) is 3.27. The Balaban J connectivity index is 2.33. The van der Waals surface area contributed by atoms with Gasteiger partial charge in [-0.3, -0.25) is 4.79 Å². The fourth-order valence-electron chi connectivity index (χ4n) is 2.31. The molecular weight excluding hydrogens is 210 g/mol. The molecule has 1 aliphatic heterocycles. The van der Waals surface area contributed by atoms with E-state index in [4.69, 9.17) is 0 Å². The monoisotopic (exact) mass is 223 g/mol. The Labute approximate surface area is 100 Å². The molecule has 0 aliphatic carbocycles. The molecular formula is C15H13NO. The lowest BCUT2D eigenvalue weighted by molar-refractivity contribution is 0.0977. The number of Topliss-reactive ketones (excluding diaryl/α,β-unsaturated/α-hetero) is 1. The molecule has 1 heterocycles. The number of fused-ring (bicyclic) bond motifs is 3. The number of carbonyl (C=O) groups is 1. The van der Waals surface area contributed by atoms with Crippen LogP contribution in [0.25, 0.3) is 11.1 Å². The molecule has 17 heavy (non-hydrogen) atoms. The summed E-state index contributed by atoms with van der Waals surface area (Å²) in [6.07, 6.45) is 0. The zero-order valence-corrected chi connectivity index (χ0v) is 9.60.